The van der Waals surface area contributed by atoms with Gasteiger partial charge in [0.15, 0.2) is 5.29 Å². The third-order valence-electron chi connectivity index (χ3n) is 3.95. The van der Waals surface area contributed by atoms with Gasteiger partial charge in [-0.25, -0.2) is 4.99 Å². The molecule has 102 valence electrons. The Bertz CT molecular complexity index is 779. The van der Waals surface area contributed by atoms with E-state index in [-0.39, 0.29) is 0 Å². The van der Waals surface area contributed by atoms with E-state index in [2.05, 4.69) is 52.8 Å². The molecule has 0 amide bonds. The molecule has 0 radical (unpaired) electrons. The topological polar surface area (TPSA) is 24.4 Å². The van der Waals surface area contributed by atoms with Crippen molar-refractivity contribution in [1.29, 1.82) is 0 Å². The van der Waals surface area contributed by atoms with Gasteiger partial charge in [-0.2, -0.15) is 0 Å². The van der Waals surface area contributed by atoms with Crippen molar-refractivity contribution in [3.63, 3.8) is 0 Å². The van der Waals surface area contributed by atoms with Crippen molar-refractivity contribution in [2.24, 2.45) is 4.99 Å². The first kappa shape index (κ1) is 12.4. The van der Waals surface area contributed by atoms with E-state index < -0.39 is 5.54 Å². The molecule has 0 bridgehead atoms. The molecular weight excluding hydrogens is 280 g/mol. The van der Waals surface area contributed by atoms with Crippen molar-refractivity contribution < 1.29 is 0 Å². The molecule has 1 N–H and O–H groups in total. The first-order chi connectivity index (χ1) is 10.3. The molecule has 1 aromatic rings. The lowest BCUT2D eigenvalue weighted by atomic mass is 9.75. The molecule has 3 heteroatoms. The second-order valence-electron chi connectivity index (χ2n) is 5.15. The smallest absolute Gasteiger partial charge is 0.197 e. The molecule has 1 unspecified atom stereocenters. The number of nitrogens with zero attached hydrogens (tertiary/aromatic N) is 1. The Morgan fingerprint density at radius 2 is 1.86 bits per heavy atom. The van der Waals surface area contributed by atoms with Crippen molar-refractivity contribution in [3.05, 3.63) is 89.6 Å². The summed E-state index contributed by atoms with van der Waals surface area (Å²) in [4.78, 5) is 4.69. The number of benzene rings is 1. The van der Waals surface area contributed by atoms with Gasteiger partial charge in [0.1, 0.15) is 5.54 Å². The fourth-order valence-electron chi connectivity index (χ4n) is 3.00. The zero-order valence-electron chi connectivity index (χ0n) is 11.3. The fraction of sp³-hybridized carbons (Fsp3) is 0.0556. The Hall–Kier alpha value is -2.32. The zero-order chi connectivity index (χ0) is 14.3. The summed E-state index contributed by atoms with van der Waals surface area (Å²) in [6, 6.07) is 10.2. The lowest BCUT2D eigenvalue weighted by Gasteiger charge is -2.38. The number of allylic oxidation sites excluding steroid dienone is 4. The lowest BCUT2D eigenvalue weighted by Crippen LogP contribution is -2.40. The van der Waals surface area contributed by atoms with Crippen LogP contribution in [0, 0.1) is 0 Å². The number of amidine groups is 1. The van der Waals surface area contributed by atoms with Gasteiger partial charge in [-0.1, -0.05) is 66.8 Å². The number of aliphatic imine (C=N–C) groups is 1. The average molecular weight is 293 g/mol. The van der Waals surface area contributed by atoms with Gasteiger partial charge >= 0.3 is 0 Å². The maximum Gasteiger partial charge on any atom is 0.197 e. The number of hydrogen-bond acceptors (Lipinski definition) is 2. The summed E-state index contributed by atoms with van der Waals surface area (Å²) in [6.45, 7) is 0. The second-order valence-corrected chi connectivity index (χ2v) is 5.51. The van der Waals surface area contributed by atoms with Gasteiger partial charge in [-0.15, -0.1) is 0 Å². The molecule has 1 aromatic carbocycles. The molecule has 1 atom stereocenters. The molecule has 0 aromatic heterocycles. The summed E-state index contributed by atoms with van der Waals surface area (Å²) in [5, 5.41) is 3.63. The van der Waals surface area contributed by atoms with E-state index >= 15 is 0 Å². The summed E-state index contributed by atoms with van der Waals surface area (Å²) in [6.07, 6.45) is 14.5. The molecule has 21 heavy (non-hydrogen) atoms. The van der Waals surface area contributed by atoms with Crippen molar-refractivity contribution >= 4 is 22.6 Å². The number of rotatable bonds is 1. The fourth-order valence-corrected chi connectivity index (χ4v) is 3.23. The molecule has 0 saturated carbocycles. The highest BCUT2D eigenvalue weighted by Gasteiger charge is 2.40. The van der Waals surface area contributed by atoms with Gasteiger partial charge in [0.25, 0.3) is 0 Å². The Balaban J connectivity index is 1.98. The Morgan fingerprint density at radius 3 is 2.71 bits per heavy atom. The molecular formula is C18H13ClN2. The van der Waals surface area contributed by atoms with Crippen LogP contribution in [0.5, 0.6) is 0 Å². The van der Waals surface area contributed by atoms with Crippen LogP contribution >= 0.6 is 11.6 Å². The van der Waals surface area contributed by atoms with Gasteiger partial charge in [0.2, 0.25) is 0 Å². The first-order valence-corrected chi connectivity index (χ1v) is 7.25. The van der Waals surface area contributed by atoms with E-state index in [0.717, 1.165) is 22.4 Å². The zero-order valence-corrected chi connectivity index (χ0v) is 12.0. The monoisotopic (exact) mass is 292 g/mol. The van der Waals surface area contributed by atoms with Gasteiger partial charge in [0.05, 0.1) is 5.70 Å². The van der Waals surface area contributed by atoms with Crippen LogP contribution < -0.4 is 5.32 Å². The highest BCUT2D eigenvalue weighted by Crippen LogP contribution is 2.43. The molecule has 1 spiro atoms. The van der Waals surface area contributed by atoms with Gasteiger partial charge in [0, 0.05) is 5.57 Å². The van der Waals surface area contributed by atoms with E-state index in [1.807, 2.05) is 30.4 Å². The molecule has 3 aliphatic rings. The summed E-state index contributed by atoms with van der Waals surface area (Å²) < 4.78 is 0. The molecule has 4 rings (SSSR count). The Kier molecular flexibility index (Phi) is 2.72. The molecule has 1 aliphatic heterocycles. The molecule has 0 fully saturated rings. The summed E-state index contributed by atoms with van der Waals surface area (Å²) in [5.74, 6) is 0. The maximum absolute atomic E-state index is 6.29. The summed E-state index contributed by atoms with van der Waals surface area (Å²) in [5.41, 5.74) is 3.87. The van der Waals surface area contributed by atoms with Crippen LogP contribution in [-0.2, 0) is 0 Å². The maximum atomic E-state index is 6.29. The second kappa shape index (κ2) is 4.61. The molecule has 1 heterocycles. The van der Waals surface area contributed by atoms with Crippen LogP contribution in [-0.4, -0.2) is 10.8 Å². The van der Waals surface area contributed by atoms with E-state index in [9.17, 15) is 0 Å². The first-order valence-electron chi connectivity index (χ1n) is 6.87. The minimum Gasteiger partial charge on any atom is -0.330 e. The van der Waals surface area contributed by atoms with Crippen LogP contribution in [0.15, 0.2) is 89.0 Å². The van der Waals surface area contributed by atoms with E-state index in [1.54, 1.807) is 0 Å². The van der Waals surface area contributed by atoms with E-state index in [1.165, 1.54) is 0 Å². The highest BCUT2D eigenvalue weighted by molar-refractivity contribution is 6.65. The van der Waals surface area contributed by atoms with Crippen LogP contribution in [0.25, 0.3) is 5.70 Å². The number of nitrogens with one attached hydrogen (secondary N) is 1. The van der Waals surface area contributed by atoms with Crippen molar-refractivity contribution in [2.75, 3.05) is 0 Å². The van der Waals surface area contributed by atoms with E-state index in [0.29, 0.717) is 5.29 Å². The molecule has 2 aliphatic carbocycles. The van der Waals surface area contributed by atoms with Crippen LogP contribution in [0.4, 0.5) is 0 Å². The van der Waals surface area contributed by atoms with Gasteiger partial charge < -0.3 is 5.32 Å². The SMILES string of the molecule is ClC1=NC23C=CC=CC2=CC=CC3=C(c2ccccc2)N1. The lowest BCUT2D eigenvalue weighted by molar-refractivity contribution is 0.730. The van der Waals surface area contributed by atoms with Crippen molar-refractivity contribution in [1.82, 2.24) is 5.32 Å². The van der Waals surface area contributed by atoms with Crippen LogP contribution in [0.2, 0.25) is 0 Å². The Morgan fingerprint density at radius 1 is 1.00 bits per heavy atom. The van der Waals surface area contributed by atoms with Gasteiger partial charge in [-0.05, 0) is 28.8 Å². The van der Waals surface area contributed by atoms with Crippen LogP contribution in [0.3, 0.4) is 0 Å². The third-order valence-corrected chi connectivity index (χ3v) is 4.13. The summed E-state index contributed by atoms with van der Waals surface area (Å²) >= 11 is 6.29. The van der Waals surface area contributed by atoms with Crippen LogP contribution in [0.1, 0.15) is 5.56 Å². The number of halogens is 1. The average Bonchev–Trinajstić information content (AvgIpc) is 2.53. The molecule has 0 saturated heterocycles. The largest absolute Gasteiger partial charge is 0.330 e. The third kappa shape index (κ3) is 1.83. The van der Waals surface area contributed by atoms with E-state index in [4.69, 9.17) is 11.6 Å². The number of hydrogen-bond donors (Lipinski definition) is 1. The van der Waals surface area contributed by atoms with Crippen molar-refractivity contribution in [3.8, 4) is 0 Å². The minimum atomic E-state index is -0.503. The summed E-state index contributed by atoms with van der Waals surface area (Å²) in [7, 11) is 0. The van der Waals surface area contributed by atoms with Gasteiger partial charge in [-0.3, -0.25) is 0 Å². The highest BCUT2D eigenvalue weighted by atomic mass is 35.5. The quantitative estimate of drug-likeness (QED) is 0.779. The standard InChI is InChI=1S/C18H13ClN2/c19-17-20-16(13-7-2-1-3-8-13)15-11-6-10-14-9-4-5-12-18(14,15)21-17/h1-12H,(H,20,21). The Labute approximate surface area is 128 Å². The molecule has 2 nitrogen and oxygen atoms in total. The minimum absolute atomic E-state index is 0.416. The predicted octanol–water partition coefficient (Wildman–Crippen LogP) is 3.96. The normalized spacial score (nSPS) is 25.8. The predicted molar refractivity (Wildman–Crippen MR) is 88.0 cm³/mol. The van der Waals surface area contributed by atoms with Crippen molar-refractivity contribution in [2.45, 2.75) is 5.54 Å².